The summed E-state index contributed by atoms with van der Waals surface area (Å²) in [5, 5.41) is 2.32. The van der Waals surface area contributed by atoms with Gasteiger partial charge in [-0.15, -0.1) is 0 Å². The Morgan fingerprint density at radius 1 is 0.727 bits per heavy atom. The van der Waals surface area contributed by atoms with E-state index in [0.717, 1.165) is 40.7 Å². The molecule has 8 rings (SSSR count). The van der Waals surface area contributed by atoms with Gasteiger partial charge in [-0.3, -0.25) is 0 Å². The van der Waals surface area contributed by atoms with Crippen LogP contribution in [0.3, 0.4) is 0 Å². The molecule has 0 N–H and O–H groups in total. The van der Waals surface area contributed by atoms with E-state index in [4.69, 9.17) is 4.42 Å². The SMILES string of the molecule is BC(C)(CC(C)N1CN(c2cccc3c2oc2ccccc23)c2ccccc21)N1c2ccccc2N(c2ccccc2)C1C. The molecule has 0 fully saturated rings. The maximum absolute atomic E-state index is 6.47. The summed E-state index contributed by atoms with van der Waals surface area (Å²) in [7, 11) is 2.40. The normalized spacial score (nSPS) is 18.1. The topological polar surface area (TPSA) is 26.1 Å². The van der Waals surface area contributed by atoms with Crippen LogP contribution in [0.4, 0.5) is 34.1 Å². The minimum absolute atomic E-state index is 0.112. The van der Waals surface area contributed by atoms with Crippen LogP contribution in [0.2, 0.25) is 0 Å². The highest BCUT2D eigenvalue weighted by Crippen LogP contribution is 2.49. The summed E-state index contributed by atoms with van der Waals surface area (Å²) in [5.41, 5.74) is 9.15. The Kier molecular flexibility index (Phi) is 6.16. The number of para-hydroxylation sites is 7. The van der Waals surface area contributed by atoms with Crippen molar-refractivity contribution in [3.8, 4) is 0 Å². The molecule has 0 aliphatic carbocycles. The predicted octanol–water partition coefficient (Wildman–Crippen LogP) is 8.63. The minimum atomic E-state index is -0.112. The molecule has 2 aliphatic rings. The molecule has 6 aromatic rings. The number of furan rings is 1. The zero-order chi connectivity index (χ0) is 30.0. The molecule has 0 radical (unpaired) electrons. The van der Waals surface area contributed by atoms with Crippen molar-refractivity contribution < 1.29 is 4.42 Å². The molecule has 3 heterocycles. The van der Waals surface area contributed by atoms with Crippen molar-refractivity contribution in [2.24, 2.45) is 0 Å². The monoisotopic (exact) mass is 576 g/mol. The summed E-state index contributed by atoms with van der Waals surface area (Å²) in [6, 6.07) is 43.6. The van der Waals surface area contributed by atoms with Crippen LogP contribution >= 0.6 is 0 Å². The van der Waals surface area contributed by atoms with E-state index >= 15 is 0 Å². The van der Waals surface area contributed by atoms with E-state index in [-0.39, 0.29) is 17.6 Å². The highest BCUT2D eigenvalue weighted by molar-refractivity contribution is 6.18. The first-order valence-corrected chi connectivity index (χ1v) is 15.7. The molecule has 0 bridgehead atoms. The third-order valence-electron chi connectivity index (χ3n) is 9.61. The first-order valence-electron chi connectivity index (χ1n) is 15.7. The Hall–Kier alpha value is -4.84. The maximum Gasteiger partial charge on any atom is 0.159 e. The van der Waals surface area contributed by atoms with Gasteiger partial charge in [0.25, 0.3) is 0 Å². The van der Waals surface area contributed by atoms with Crippen LogP contribution in [0, 0.1) is 0 Å². The number of rotatable bonds is 6. The average molecular weight is 577 g/mol. The van der Waals surface area contributed by atoms with Gasteiger partial charge in [0.15, 0.2) is 5.58 Å². The number of fused-ring (bicyclic) bond motifs is 5. The van der Waals surface area contributed by atoms with Crippen LogP contribution < -0.4 is 19.6 Å². The van der Waals surface area contributed by atoms with Crippen LogP contribution in [0.1, 0.15) is 27.2 Å². The minimum Gasteiger partial charge on any atom is -0.454 e. The summed E-state index contributed by atoms with van der Waals surface area (Å²) in [4.78, 5) is 10.1. The molecule has 0 spiro atoms. The van der Waals surface area contributed by atoms with E-state index in [1.807, 2.05) is 6.07 Å². The summed E-state index contributed by atoms with van der Waals surface area (Å²) in [6.45, 7) is 7.89. The van der Waals surface area contributed by atoms with E-state index in [9.17, 15) is 0 Å². The lowest BCUT2D eigenvalue weighted by molar-refractivity contribution is 0.447. The molecule has 0 saturated carbocycles. The predicted molar refractivity (Wildman–Crippen MR) is 188 cm³/mol. The van der Waals surface area contributed by atoms with E-state index in [1.54, 1.807) is 0 Å². The van der Waals surface area contributed by atoms with Gasteiger partial charge in [-0.25, -0.2) is 0 Å². The first kappa shape index (κ1) is 26.8. The molecule has 218 valence electrons. The Bertz CT molecular complexity index is 1990. The van der Waals surface area contributed by atoms with Gasteiger partial charge in [0.2, 0.25) is 0 Å². The van der Waals surface area contributed by atoms with Crippen LogP contribution in [0.15, 0.2) is 126 Å². The highest BCUT2D eigenvalue weighted by Gasteiger charge is 2.43. The van der Waals surface area contributed by atoms with Crippen molar-refractivity contribution in [3.05, 3.63) is 121 Å². The fourth-order valence-electron chi connectivity index (χ4n) is 7.86. The van der Waals surface area contributed by atoms with Gasteiger partial charge >= 0.3 is 0 Å². The van der Waals surface area contributed by atoms with E-state index in [2.05, 4.69) is 163 Å². The molecular formula is C38H37BN4O. The van der Waals surface area contributed by atoms with Crippen molar-refractivity contribution in [2.45, 2.75) is 44.8 Å². The van der Waals surface area contributed by atoms with Gasteiger partial charge in [0.05, 0.1) is 35.1 Å². The Labute approximate surface area is 260 Å². The molecule has 0 amide bonds. The van der Waals surface area contributed by atoms with Gasteiger partial charge in [-0.1, -0.05) is 72.8 Å². The Morgan fingerprint density at radius 3 is 2.14 bits per heavy atom. The quantitative estimate of drug-likeness (QED) is 0.185. The smallest absolute Gasteiger partial charge is 0.159 e. The molecule has 1 aromatic heterocycles. The second-order valence-corrected chi connectivity index (χ2v) is 12.8. The summed E-state index contributed by atoms with van der Waals surface area (Å²) in [5.74, 6) is 0. The number of nitrogens with zero attached hydrogens (tertiary/aromatic N) is 4. The van der Waals surface area contributed by atoms with Crippen LogP contribution in [-0.4, -0.2) is 32.2 Å². The first-order chi connectivity index (χ1) is 21.4. The molecular weight excluding hydrogens is 539 g/mol. The van der Waals surface area contributed by atoms with Crippen molar-refractivity contribution in [3.63, 3.8) is 0 Å². The molecule has 6 heteroatoms. The van der Waals surface area contributed by atoms with Crippen molar-refractivity contribution >= 4 is 63.9 Å². The zero-order valence-corrected chi connectivity index (χ0v) is 25.8. The molecule has 0 saturated heterocycles. The van der Waals surface area contributed by atoms with Gasteiger partial charge in [-0.05, 0) is 75.7 Å². The van der Waals surface area contributed by atoms with Crippen LogP contribution in [-0.2, 0) is 0 Å². The zero-order valence-electron chi connectivity index (χ0n) is 25.8. The highest BCUT2D eigenvalue weighted by atomic mass is 16.3. The molecule has 5 aromatic carbocycles. The number of anilines is 6. The van der Waals surface area contributed by atoms with Crippen LogP contribution in [0.25, 0.3) is 21.9 Å². The molecule has 2 aliphatic heterocycles. The van der Waals surface area contributed by atoms with Crippen LogP contribution in [0.5, 0.6) is 0 Å². The third kappa shape index (κ3) is 4.08. The number of benzene rings is 5. The lowest BCUT2D eigenvalue weighted by Gasteiger charge is -2.45. The number of hydrogen-bond acceptors (Lipinski definition) is 5. The van der Waals surface area contributed by atoms with Gasteiger partial charge in [-0.2, -0.15) is 0 Å². The third-order valence-corrected chi connectivity index (χ3v) is 9.61. The summed E-state index contributed by atoms with van der Waals surface area (Å²) >= 11 is 0. The lowest BCUT2D eigenvalue weighted by Crippen LogP contribution is -2.56. The standard InChI is InChI=1S/C38H37BN4O/c1-26(24-38(3,39)43-27(2)42(28-14-5-4-6-15-28)33-20-10-11-21-34(33)43)40-25-41(32-19-9-8-18-31(32)40)35-22-13-17-30-29-16-7-12-23-36(29)44-37(30)35/h4-23,26-27H,24-25,39H2,1-3H3. The van der Waals surface area contributed by atoms with Gasteiger partial charge in [0, 0.05) is 27.9 Å². The summed E-state index contributed by atoms with van der Waals surface area (Å²) < 4.78 is 6.47. The van der Waals surface area contributed by atoms with E-state index < -0.39 is 0 Å². The molecule has 3 atom stereocenters. The second kappa shape index (κ2) is 10.1. The lowest BCUT2D eigenvalue weighted by atomic mass is 9.72. The fraction of sp³-hybridized carbons (Fsp3) is 0.211. The van der Waals surface area contributed by atoms with E-state index in [1.165, 1.54) is 28.4 Å². The second-order valence-electron chi connectivity index (χ2n) is 12.8. The summed E-state index contributed by atoms with van der Waals surface area (Å²) in [6.07, 6.45) is 1.18. The Morgan fingerprint density at radius 2 is 1.34 bits per heavy atom. The van der Waals surface area contributed by atoms with Crippen molar-refractivity contribution in [1.82, 2.24) is 0 Å². The van der Waals surface area contributed by atoms with Crippen molar-refractivity contribution in [2.75, 3.05) is 26.3 Å². The molecule has 44 heavy (non-hydrogen) atoms. The van der Waals surface area contributed by atoms with Gasteiger partial charge < -0.3 is 24.0 Å². The maximum atomic E-state index is 6.47. The molecule has 3 unspecified atom stereocenters. The van der Waals surface area contributed by atoms with E-state index in [0.29, 0.717) is 0 Å². The van der Waals surface area contributed by atoms with Gasteiger partial charge in [0.1, 0.15) is 19.6 Å². The largest absolute Gasteiger partial charge is 0.454 e. The fourth-order valence-corrected chi connectivity index (χ4v) is 7.86. The molecule has 5 nitrogen and oxygen atoms in total. The van der Waals surface area contributed by atoms with Crippen molar-refractivity contribution in [1.29, 1.82) is 0 Å². The Balaban J connectivity index is 1.12. The number of hydrogen-bond donors (Lipinski definition) is 0. The average Bonchev–Trinajstić information content (AvgIpc) is 3.70.